The van der Waals surface area contributed by atoms with Crippen LogP contribution < -0.4 is 0 Å². The molecule has 0 fully saturated rings. The number of rotatable bonds is 3. The van der Waals surface area contributed by atoms with Crippen molar-refractivity contribution in [3.8, 4) is 0 Å². The van der Waals surface area contributed by atoms with E-state index in [2.05, 4.69) is 4.98 Å². The number of carbonyl (C=O) groups is 1. The second-order valence-corrected chi connectivity index (χ2v) is 4.64. The molecule has 1 aromatic rings. The summed E-state index contributed by atoms with van der Waals surface area (Å²) in [5.74, 6) is -1.89. The highest BCUT2D eigenvalue weighted by Crippen LogP contribution is 2.21. The monoisotopic (exact) mass is 314 g/mol. The first-order valence-corrected chi connectivity index (χ1v) is 6.29. The Morgan fingerprint density at radius 2 is 2.10 bits per heavy atom. The topological polar surface area (TPSA) is 33.2 Å². The van der Waals surface area contributed by atoms with Crippen molar-refractivity contribution in [1.82, 2.24) is 9.88 Å². The van der Waals surface area contributed by atoms with Gasteiger partial charge in [0.2, 0.25) is 0 Å². The molecule has 0 saturated carbocycles. The molecule has 0 unspecified atom stereocenters. The van der Waals surface area contributed by atoms with Gasteiger partial charge >= 0.3 is 6.18 Å². The summed E-state index contributed by atoms with van der Waals surface area (Å²) in [5, 5.41) is 0.329. The number of halogens is 4. The summed E-state index contributed by atoms with van der Waals surface area (Å²) in [6.07, 6.45) is 3.47. The smallest absolute Gasteiger partial charge is 0.343 e. The number of carbonyl (C=O) groups excluding carboxylic acids is 1. The van der Waals surface area contributed by atoms with Crippen LogP contribution in [0, 0.1) is 0 Å². The second kappa shape index (κ2) is 6.13. The standard InChI is InChI=1S/C14H10ClF3N2O/c15-13-5-4-10(8-19-13)9-20-6-2-1-3-11(20)7-12(21)14(16,17)18/h1-8H,9H2. The molecule has 0 spiro atoms. The predicted octanol–water partition coefficient (Wildman–Crippen LogP) is 3.64. The molecule has 1 aliphatic rings. The minimum atomic E-state index is -4.88. The summed E-state index contributed by atoms with van der Waals surface area (Å²) in [7, 11) is 0. The number of hydrogen-bond acceptors (Lipinski definition) is 3. The van der Waals surface area contributed by atoms with Gasteiger partial charge in [0, 0.05) is 30.7 Å². The van der Waals surface area contributed by atoms with Gasteiger partial charge in [-0.05, 0) is 23.8 Å². The number of nitrogens with zero attached hydrogens (tertiary/aromatic N) is 2. The molecule has 21 heavy (non-hydrogen) atoms. The quantitative estimate of drug-likeness (QED) is 0.631. The molecule has 0 bridgehead atoms. The van der Waals surface area contributed by atoms with Gasteiger partial charge in [0.05, 0.1) is 0 Å². The highest BCUT2D eigenvalue weighted by Gasteiger charge is 2.37. The first-order chi connectivity index (χ1) is 9.86. The van der Waals surface area contributed by atoms with E-state index in [0.717, 1.165) is 5.56 Å². The van der Waals surface area contributed by atoms with E-state index in [4.69, 9.17) is 11.6 Å². The molecule has 0 aromatic carbocycles. The maximum absolute atomic E-state index is 12.3. The van der Waals surface area contributed by atoms with Crippen LogP contribution in [0.5, 0.6) is 0 Å². The van der Waals surface area contributed by atoms with E-state index in [1.807, 2.05) is 0 Å². The van der Waals surface area contributed by atoms with Gasteiger partial charge in [0.25, 0.3) is 5.78 Å². The lowest BCUT2D eigenvalue weighted by Gasteiger charge is -2.23. The minimum Gasteiger partial charge on any atom is -0.343 e. The Hall–Kier alpha value is -2.08. The average Bonchev–Trinajstić information content (AvgIpc) is 2.42. The largest absolute Gasteiger partial charge is 0.454 e. The van der Waals surface area contributed by atoms with Crippen molar-refractivity contribution in [2.24, 2.45) is 0 Å². The summed E-state index contributed by atoms with van der Waals surface area (Å²) >= 11 is 5.67. The van der Waals surface area contributed by atoms with Crippen molar-refractivity contribution in [2.45, 2.75) is 12.7 Å². The number of allylic oxidation sites excluding steroid dienone is 4. The number of aromatic nitrogens is 1. The van der Waals surface area contributed by atoms with Crippen LogP contribution in [0.4, 0.5) is 13.2 Å². The van der Waals surface area contributed by atoms with Crippen LogP contribution in [0.2, 0.25) is 5.15 Å². The number of hydrogen-bond donors (Lipinski definition) is 0. The molecule has 2 rings (SSSR count). The average molecular weight is 315 g/mol. The van der Waals surface area contributed by atoms with Crippen LogP contribution >= 0.6 is 11.6 Å². The molecule has 1 aromatic heterocycles. The Morgan fingerprint density at radius 3 is 2.71 bits per heavy atom. The molecule has 110 valence electrons. The Morgan fingerprint density at radius 1 is 1.33 bits per heavy atom. The second-order valence-electron chi connectivity index (χ2n) is 4.25. The van der Waals surface area contributed by atoms with Gasteiger partial charge in [0.15, 0.2) is 0 Å². The molecule has 2 heterocycles. The molecule has 7 heteroatoms. The minimum absolute atomic E-state index is 0.162. The van der Waals surface area contributed by atoms with Crippen LogP contribution in [0.3, 0.4) is 0 Å². The lowest BCUT2D eigenvalue weighted by molar-refractivity contribution is -0.165. The van der Waals surface area contributed by atoms with Gasteiger partial charge in [-0.2, -0.15) is 13.2 Å². The fourth-order valence-electron chi connectivity index (χ4n) is 1.68. The third kappa shape index (κ3) is 4.19. The molecule has 0 amide bonds. The van der Waals surface area contributed by atoms with Gasteiger partial charge in [-0.1, -0.05) is 23.7 Å². The van der Waals surface area contributed by atoms with Gasteiger partial charge in [-0.15, -0.1) is 0 Å². The van der Waals surface area contributed by atoms with E-state index in [-0.39, 0.29) is 12.2 Å². The maximum atomic E-state index is 12.3. The predicted molar refractivity (Wildman–Crippen MR) is 72.2 cm³/mol. The summed E-state index contributed by atoms with van der Waals surface area (Å²) in [4.78, 5) is 16.5. The van der Waals surface area contributed by atoms with Crippen molar-refractivity contribution in [3.05, 3.63) is 65.2 Å². The summed E-state index contributed by atoms with van der Waals surface area (Å²) in [6, 6.07) is 3.30. The molecule has 1 aliphatic heterocycles. The van der Waals surface area contributed by atoms with Crippen molar-refractivity contribution < 1.29 is 18.0 Å². The summed E-state index contributed by atoms with van der Waals surface area (Å²) < 4.78 is 37.0. The molecule has 0 N–H and O–H groups in total. The van der Waals surface area contributed by atoms with Crippen LogP contribution in [-0.2, 0) is 11.3 Å². The highest BCUT2D eigenvalue weighted by molar-refractivity contribution is 6.29. The highest BCUT2D eigenvalue weighted by atomic mass is 35.5. The zero-order valence-electron chi connectivity index (χ0n) is 10.6. The van der Waals surface area contributed by atoms with E-state index in [0.29, 0.717) is 11.2 Å². The molecule has 0 radical (unpaired) electrons. The van der Waals surface area contributed by atoms with E-state index >= 15 is 0 Å². The lowest BCUT2D eigenvalue weighted by atomic mass is 10.2. The Bertz CT molecular complexity index is 618. The van der Waals surface area contributed by atoms with Gasteiger partial charge in [-0.25, -0.2) is 4.98 Å². The fraction of sp³-hybridized carbons (Fsp3) is 0.143. The zero-order valence-corrected chi connectivity index (χ0v) is 11.4. The zero-order chi connectivity index (χ0) is 15.5. The van der Waals surface area contributed by atoms with Crippen LogP contribution in [-0.4, -0.2) is 21.8 Å². The fourth-order valence-corrected chi connectivity index (χ4v) is 1.79. The third-order valence-electron chi connectivity index (χ3n) is 2.68. The maximum Gasteiger partial charge on any atom is 0.454 e. The molecule has 0 atom stereocenters. The number of pyridine rings is 1. The lowest BCUT2D eigenvalue weighted by Crippen LogP contribution is -2.24. The molecule has 0 aliphatic carbocycles. The van der Waals surface area contributed by atoms with Crippen LogP contribution in [0.15, 0.2) is 54.5 Å². The molecule has 0 saturated heterocycles. The van der Waals surface area contributed by atoms with Crippen LogP contribution in [0.25, 0.3) is 0 Å². The van der Waals surface area contributed by atoms with E-state index in [1.54, 1.807) is 30.5 Å². The molecular weight excluding hydrogens is 305 g/mol. The first-order valence-electron chi connectivity index (χ1n) is 5.91. The Balaban J connectivity index is 2.19. The molecule has 3 nitrogen and oxygen atoms in total. The first kappa shape index (κ1) is 15.3. The van der Waals surface area contributed by atoms with Crippen molar-refractivity contribution in [1.29, 1.82) is 0 Å². The van der Waals surface area contributed by atoms with Crippen molar-refractivity contribution in [3.63, 3.8) is 0 Å². The van der Waals surface area contributed by atoms with Crippen LogP contribution in [0.1, 0.15) is 5.56 Å². The number of ketones is 1. The van der Waals surface area contributed by atoms with Gasteiger partial charge in [0.1, 0.15) is 5.15 Å². The van der Waals surface area contributed by atoms with E-state index < -0.39 is 12.0 Å². The normalized spacial score (nSPS) is 16.6. The number of alkyl halides is 3. The van der Waals surface area contributed by atoms with Gasteiger partial charge < -0.3 is 4.90 Å². The van der Waals surface area contributed by atoms with E-state index in [1.165, 1.54) is 17.2 Å². The van der Waals surface area contributed by atoms with Crippen molar-refractivity contribution >= 4 is 17.4 Å². The summed E-state index contributed by atoms with van der Waals surface area (Å²) in [5.41, 5.74) is 0.916. The Labute approximate surface area is 124 Å². The SMILES string of the molecule is O=C(C=C1C=CC=CN1Cc1ccc(Cl)nc1)C(F)(F)F. The van der Waals surface area contributed by atoms with E-state index in [9.17, 15) is 18.0 Å². The van der Waals surface area contributed by atoms with Crippen molar-refractivity contribution in [2.75, 3.05) is 0 Å². The molecular formula is C14H10ClF3N2O. The van der Waals surface area contributed by atoms with Gasteiger partial charge in [-0.3, -0.25) is 4.79 Å². The third-order valence-corrected chi connectivity index (χ3v) is 2.90. The summed E-state index contributed by atoms with van der Waals surface area (Å²) in [6.45, 7) is 0.280. The Kier molecular flexibility index (Phi) is 4.47.